The van der Waals surface area contributed by atoms with Gasteiger partial charge in [-0.25, -0.2) is 9.37 Å². The summed E-state index contributed by atoms with van der Waals surface area (Å²) in [4.78, 5) is 45.4. The molecule has 2 amide bonds. The summed E-state index contributed by atoms with van der Waals surface area (Å²) < 4.78 is 13.1. The van der Waals surface area contributed by atoms with Crippen molar-refractivity contribution in [3.8, 4) is 0 Å². The second-order valence-corrected chi connectivity index (χ2v) is 9.59. The van der Waals surface area contributed by atoms with Gasteiger partial charge in [0.25, 0.3) is 0 Å². The minimum absolute atomic E-state index is 0.0313. The van der Waals surface area contributed by atoms with E-state index in [2.05, 4.69) is 10.3 Å². The molecule has 1 atom stereocenters. The van der Waals surface area contributed by atoms with Crippen molar-refractivity contribution < 1.29 is 18.8 Å². The Balaban J connectivity index is 1.41. The van der Waals surface area contributed by atoms with Crippen LogP contribution in [0.25, 0.3) is 0 Å². The van der Waals surface area contributed by atoms with Crippen molar-refractivity contribution in [3.63, 3.8) is 0 Å². The van der Waals surface area contributed by atoms with Crippen molar-refractivity contribution in [2.24, 2.45) is 5.92 Å². The number of carbonyl (C=O) groups excluding carboxylic acids is 2. The molecule has 1 N–H and O–H groups in total. The molecule has 0 bridgehead atoms. The van der Waals surface area contributed by atoms with Gasteiger partial charge in [0.15, 0.2) is 11.7 Å². The van der Waals surface area contributed by atoms with E-state index in [9.17, 15) is 18.9 Å². The van der Waals surface area contributed by atoms with Gasteiger partial charge in [0, 0.05) is 23.7 Å². The Bertz CT molecular complexity index is 963. The van der Waals surface area contributed by atoms with Gasteiger partial charge in [0.1, 0.15) is 16.7 Å². The quantitative estimate of drug-likeness (QED) is 0.591. The van der Waals surface area contributed by atoms with E-state index in [-0.39, 0.29) is 30.7 Å². The molecule has 176 valence electrons. The molecule has 2 fully saturated rings. The maximum absolute atomic E-state index is 13.2. The summed E-state index contributed by atoms with van der Waals surface area (Å²) >= 11 is 1.34. The molecule has 2 aromatic rings. The first-order chi connectivity index (χ1) is 16.0. The Morgan fingerprint density at radius 2 is 1.97 bits per heavy atom. The molecule has 4 rings (SSSR count). The van der Waals surface area contributed by atoms with E-state index in [1.54, 1.807) is 28.6 Å². The molecule has 2 aliphatic rings. The normalized spacial score (nSPS) is 18.3. The molecule has 2 heterocycles. The van der Waals surface area contributed by atoms with Crippen LogP contribution in [0.4, 0.5) is 9.52 Å². The molecule has 33 heavy (non-hydrogen) atoms. The van der Waals surface area contributed by atoms with Gasteiger partial charge >= 0.3 is 0 Å². The largest absolute Gasteiger partial charge is 0.327 e. The second kappa shape index (κ2) is 10.8. The number of amides is 2. The van der Waals surface area contributed by atoms with Crippen molar-refractivity contribution >= 4 is 28.3 Å². The topological polar surface area (TPSA) is 85.6 Å². The lowest BCUT2D eigenvalue weighted by atomic mass is 9.84. The first kappa shape index (κ1) is 23.3. The van der Waals surface area contributed by atoms with Crippen LogP contribution in [0, 0.1) is 16.6 Å². The van der Waals surface area contributed by atoms with Gasteiger partial charge in [-0.1, -0.05) is 32.1 Å². The number of hydrazine groups is 1. The van der Waals surface area contributed by atoms with E-state index >= 15 is 0 Å². The number of aromatic nitrogens is 1. The molecular formula is C23H29FN5O3S+. The summed E-state index contributed by atoms with van der Waals surface area (Å²) in [6.07, 6.45) is 7.92. The molecule has 1 aliphatic heterocycles. The molecule has 0 radical (unpaired) electrons. The highest BCUT2D eigenvalue weighted by Gasteiger charge is 2.39. The van der Waals surface area contributed by atoms with E-state index in [0.29, 0.717) is 36.1 Å². The number of benzene rings is 1. The fraction of sp³-hybridized carbons (Fsp3) is 0.522. The molecule has 1 saturated carbocycles. The molecule has 0 spiro atoms. The molecule has 1 aromatic heterocycles. The van der Waals surface area contributed by atoms with Crippen LogP contribution in [-0.2, 0) is 16.1 Å². The van der Waals surface area contributed by atoms with Crippen molar-refractivity contribution in [2.75, 3.05) is 25.0 Å². The Morgan fingerprint density at radius 1 is 1.21 bits per heavy atom. The summed E-state index contributed by atoms with van der Waals surface area (Å²) in [7, 11) is 0. The third kappa shape index (κ3) is 6.13. The third-order valence-electron chi connectivity index (χ3n) is 6.41. The van der Waals surface area contributed by atoms with Crippen LogP contribution < -0.4 is 5.32 Å². The number of anilines is 1. The van der Waals surface area contributed by atoms with Gasteiger partial charge in [-0.3, -0.25) is 9.59 Å². The highest BCUT2D eigenvalue weighted by atomic mass is 32.1. The zero-order valence-electron chi connectivity index (χ0n) is 18.5. The van der Waals surface area contributed by atoms with Gasteiger partial charge in [-0.15, -0.1) is 16.3 Å². The van der Waals surface area contributed by atoms with Gasteiger partial charge in [0.2, 0.25) is 18.4 Å². The standard InChI is InChI=1S/C23H28FN5O3S/c24-19-8-6-18(7-9-19)15-29(32)27-11-12-28(21(30)16-27)20(14-17-4-2-1-3-5-17)22(31)26-23-25-10-13-33-23/h6-10,13,17,20H,1-5,11-12,14-16H2/p+1. The number of halogens is 1. The van der Waals surface area contributed by atoms with Crippen molar-refractivity contribution in [1.82, 2.24) is 14.9 Å². The summed E-state index contributed by atoms with van der Waals surface area (Å²) in [5.41, 5.74) is 0.666. The van der Waals surface area contributed by atoms with E-state index in [1.807, 2.05) is 0 Å². The highest BCUT2D eigenvalue weighted by Crippen LogP contribution is 2.30. The van der Waals surface area contributed by atoms with Crippen LogP contribution in [0.15, 0.2) is 35.8 Å². The van der Waals surface area contributed by atoms with Gasteiger partial charge in [-0.2, -0.15) is 0 Å². The summed E-state index contributed by atoms with van der Waals surface area (Å²) in [5, 5.41) is 6.61. The van der Waals surface area contributed by atoms with Crippen molar-refractivity contribution in [2.45, 2.75) is 51.1 Å². The smallest absolute Gasteiger partial charge is 0.250 e. The predicted octanol–water partition coefficient (Wildman–Crippen LogP) is 3.60. The van der Waals surface area contributed by atoms with Crippen LogP contribution in [-0.4, -0.2) is 57.3 Å². The Kier molecular flexibility index (Phi) is 7.64. The number of nitrogens with zero attached hydrogens (tertiary/aromatic N) is 4. The van der Waals surface area contributed by atoms with E-state index in [1.165, 1.54) is 34.9 Å². The minimum Gasteiger partial charge on any atom is -0.327 e. The Morgan fingerprint density at radius 3 is 2.64 bits per heavy atom. The summed E-state index contributed by atoms with van der Waals surface area (Å²) in [6.45, 7) is 0.575. The maximum atomic E-state index is 13.2. The molecule has 1 aliphatic carbocycles. The molecule has 8 nitrogen and oxygen atoms in total. The number of thiazole rings is 1. The lowest BCUT2D eigenvalue weighted by Crippen LogP contribution is -2.58. The van der Waals surface area contributed by atoms with Gasteiger partial charge in [0.05, 0.1) is 11.5 Å². The van der Waals surface area contributed by atoms with Crippen LogP contribution >= 0.6 is 11.3 Å². The highest BCUT2D eigenvalue weighted by molar-refractivity contribution is 7.13. The molecule has 1 saturated heterocycles. The summed E-state index contributed by atoms with van der Waals surface area (Å²) in [6, 6.07) is 5.15. The van der Waals surface area contributed by atoms with E-state index < -0.39 is 6.04 Å². The van der Waals surface area contributed by atoms with Gasteiger partial charge < -0.3 is 10.2 Å². The Labute approximate surface area is 196 Å². The van der Waals surface area contributed by atoms with E-state index in [4.69, 9.17) is 0 Å². The Hall–Kier alpha value is -2.88. The molecule has 10 heteroatoms. The maximum Gasteiger partial charge on any atom is 0.250 e. The fourth-order valence-corrected chi connectivity index (χ4v) is 5.16. The monoisotopic (exact) mass is 474 g/mol. The average Bonchev–Trinajstić information content (AvgIpc) is 3.33. The fourth-order valence-electron chi connectivity index (χ4n) is 4.63. The molecule has 1 aromatic carbocycles. The first-order valence-corrected chi connectivity index (χ1v) is 12.3. The van der Waals surface area contributed by atoms with Gasteiger partial charge in [-0.05, 0) is 36.6 Å². The zero-order chi connectivity index (χ0) is 23.2. The lowest BCUT2D eigenvalue weighted by Gasteiger charge is -2.37. The number of nitroso groups, excluding NO2 is 1. The van der Waals surface area contributed by atoms with Crippen LogP contribution in [0.1, 0.15) is 44.1 Å². The second-order valence-electron chi connectivity index (χ2n) is 8.69. The molecular weight excluding hydrogens is 445 g/mol. The van der Waals surface area contributed by atoms with Crippen LogP contribution in [0.3, 0.4) is 0 Å². The number of hydrogen-bond donors (Lipinski definition) is 1. The van der Waals surface area contributed by atoms with Crippen molar-refractivity contribution in [3.05, 3.63) is 52.1 Å². The minimum atomic E-state index is -0.580. The zero-order valence-corrected chi connectivity index (χ0v) is 19.3. The number of carbonyl (C=O) groups is 2. The SMILES string of the molecule is O=C(Nc1nccs1)C(CC1CCCCC1)N1CCN([N+](=O)Cc2ccc(F)cc2)CC1=O. The van der Waals surface area contributed by atoms with Crippen molar-refractivity contribution in [1.29, 1.82) is 0 Å². The predicted molar refractivity (Wildman–Crippen MR) is 123 cm³/mol. The number of nitrogens with one attached hydrogen (secondary N) is 1. The number of rotatable bonds is 8. The number of piperazine rings is 1. The first-order valence-electron chi connectivity index (χ1n) is 11.4. The van der Waals surface area contributed by atoms with Crippen LogP contribution in [0.2, 0.25) is 0 Å². The lowest BCUT2D eigenvalue weighted by molar-refractivity contribution is -0.719. The third-order valence-corrected chi connectivity index (χ3v) is 7.09. The van der Waals surface area contributed by atoms with Crippen LogP contribution in [0.5, 0.6) is 0 Å². The number of hydrogen-bond acceptors (Lipinski definition) is 5. The molecule has 1 unspecified atom stereocenters. The summed E-state index contributed by atoms with van der Waals surface area (Å²) in [5.74, 6) is -0.412. The van der Waals surface area contributed by atoms with E-state index in [0.717, 1.165) is 30.6 Å². The average molecular weight is 475 g/mol.